The number of ether oxygens (including phenoxy) is 1. The van der Waals surface area contributed by atoms with Crippen molar-refractivity contribution in [2.75, 3.05) is 0 Å². The van der Waals surface area contributed by atoms with Crippen molar-refractivity contribution >= 4 is 23.1 Å². The molecule has 5 heteroatoms. The van der Waals surface area contributed by atoms with Crippen molar-refractivity contribution in [3.8, 4) is 5.75 Å². The number of halogens is 1. The molecule has 1 N–H and O–H groups in total. The van der Waals surface area contributed by atoms with E-state index < -0.39 is 5.97 Å². The molecule has 2 aromatic carbocycles. The Hall–Kier alpha value is -3.11. The van der Waals surface area contributed by atoms with Crippen LogP contribution in [0.15, 0.2) is 78.6 Å². The highest BCUT2D eigenvalue weighted by Gasteiger charge is 2.21. The molecule has 0 unspecified atom stereocenters. The van der Waals surface area contributed by atoms with Crippen molar-refractivity contribution in [1.29, 1.82) is 0 Å². The molecule has 4 nitrogen and oxygen atoms in total. The van der Waals surface area contributed by atoms with Gasteiger partial charge in [0.15, 0.2) is 0 Å². The van der Waals surface area contributed by atoms with E-state index in [-0.39, 0.29) is 10.9 Å². The van der Waals surface area contributed by atoms with Crippen LogP contribution in [0, 0.1) is 6.92 Å². The number of hydrogen-bond donors (Lipinski definition) is 1. The van der Waals surface area contributed by atoms with Gasteiger partial charge in [-0.3, -0.25) is 0 Å². The summed E-state index contributed by atoms with van der Waals surface area (Å²) in [6, 6.07) is 21.7. The van der Waals surface area contributed by atoms with Crippen molar-refractivity contribution in [2.24, 2.45) is 0 Å². The van der Waals surface area contributed by atoms with Crippen LogP contribution in [0.25, 0.3) is 5.57 Å². The monoisotopic (exact) mass is 365 g/mol. The molecule has 0 aliphatic carbocycles. The van der Waals surface area contributed by atoms with Crippen LogP contribution in [0.5, 0.6) is 5.75 Å². The Morgan fingerprint density at radius 2 is 1.50 bits per heavy atom. The fourth-order valence-electron chi connectivity index (χ4n) is 2.61. The van der Waals surface area contributed by atoms with Crippen molar-refractivity contribution in [1.82, 2.24) is 4.98 Å². The molecule has 0 saturated carbocycles. The van der Waals surface area contributed by atoms with Gasteiger partial charge < -0.3 is 9.84 Å². The number of aliphatic carboxylic acids is 1. The van der Waals surface area contributed by atoms with Crippen LogP contribution in [0.4, 0.5) is 0 Å². The molecular formula is C21H16ClNO3. The number of carboxylic acid groups (broad SMARTS) is 1. The first-order valence-electron chi connectivity index (χ1n) is 7.95. The highest BCUT2D eigenvalue weighted by Crippen LogP contribution is 2.29. The lowest BCUT2D eigenvalue weighted by atomic mass is 9.96. The van der Waals surface area contributed by atoms with Gasteiger partial charge in [-0.15, -0.1) is 0 Å². The molecule has 3 aromatic rings. The van der Waals surface area contributed by atoms with Crippen LogP contribution in [0.1, 0.15) is 16.8 Å². The van der Waals surface area contributed by atoms with E-state index in [1.165, 1.54) is 6.07 Å². The van der Waals surface area contributed by atoms with E-state index >= 15 is 0 Å². The Labute approximate surface area is 156 Å². The Bertz CT molecular complexity index is 892. The summed E-state index contributed by atoms with van der Waals surface area (Å²) in [6.45, 7) is 1.76. The molecular weight excluding hydrogens is 350 g/mol. The van der Waals surface area contributed by atoms with Crippen LogP contribution in [0.2, 0.25) is 5.15 Å². The molecule has 0 atom stereocenters. The van der Waals surface area contributed by atoms with Crippen molar-refractivity contribution < 1.29 is 14.6 Å². The standard InChI is InChI=1S/C21H16ClNO3/c1-14-12-17(13-18(22)23-14)26-20(21(24)25)19(15-8-4-2-5-9-15)16-10-6-3-7-11-16/h2-13H,1H3,(H,24,25). The average molecular weight is 366 g/mol. The lowest BCUT2D eigenvalue weighted by Crippen LogP contribution is -2.12. The maximum absolute atomic E-state index is 12.0. The quantitative estimate of drug-likeness (QED) is 0.394. The van der Waals surface area contributed by atoms with E-state index in [0.717, 1.165) is 11.1 Å². The fraction of sp³-hybridized carbons (Fsp3) is 0.0476. The zero-order chi connectivity index (χ0) is 18.5. The van der Waals surface area contributed by atoms with Gasteiger partial charge in [-0.05, 0) is 18.1 Å². The molecule has 0 aliphatic rings. The minimum absolute atomic E-state index is 0.177. The van der Waals surface area contributed by atoms with E-state index in [9.17, 15) is 9.90 Å². The first-order valence-corrected chi connectivity index (χ1v) is 8.33. The predicted octanol–water partition coefficient (Wildman–Crippen LogP) is 4.97. The number of carbonyl (C=O) groups is 1. The third-order valence-electron chi connectivity index (χ3n) is 3.66. The van der Waals surface area contributed by atoms with Gasteiger partial charge in [-0.25, -0.2) is 9.78 Å². The number of rotatable bonds is 5. The normalized spacial score (nSPS) is 10.2. The molecule has 0 aliphatic heterocycles. The van der Waals surface area contributed by atoms with Crippen LogP contribution in [-0.4, -0.2) is 16.1 Å². The zero-order valence-electron chi connectivity index (χ0n) is 14.0. The second-order valence-corrected chi connectivity index (χ2v) is 6.00. The van der Waals surface area contributed by atoms with Gasteiger partial charge in [-0.2, -0.15) is 0 Å². The summed E-state index contributed by atoms with van der Waals surface area (Å²) < 4.78 is 5.76. The minimum atomic E-state index is -1.17. The van der Waals surface area contributed by atoms with Gasteiger partial charge >= 0.3 is 5.97 Å². The summed E-state index contributed by atoms with van der Waals surface area (Å²) in [4.78, 5) is 16.1. The molecule has 0 bridgehead atoms. The first-order chi connectivity index (χ1) is 12.5. The predicted molar refractivity (Wildman–Crippen MR) is 101 cm³/mol. The topological polar surface area (TPSA) is 59.4 Å². The minimum Gasteiger partial charge on any atom is -0.475 e. The summed E-state index contributed by atoms with van der Waals surface area (Å²) in [5.41, 5.74) is 2.61. The molecule has 0 fully saturated rings. The molecule has 0 spiro atoms. The van der Waals surface area contributed by atoms with E-state index in [1.54, 1.807) is 13.0 Å². The third kappa shape index (κ3) is 4.10. The van der Waals surface area contributed by atoms with Gasteiger partial charge in [0.2, 0.25) is 5.76 Å². The second kappa shape index (κ2) is 7.85. The summed E-state index contributed by atoms with van der Waals surface area (Å²) in [6.07, 6.45) is 0. The van der Waals surface area contributed by atoms with Crippen molar-refractivity contribution in [2.45, 2.75) is 6.92 Å². The van der Waals surface area contributed by atoms with Gasteiger partial charge in [0.1, 0.15) is 10.9 Å². The number of aryl methyl sites for hydroxylation is 1. The summed E-state index contributed by atoms with van der Waals surface area (Å²) in [7, 11) is 0. The first kappa shape index (κ1) is 17.7. The van der Waals surface area contributed by atoms with Crippen LogP contribution in [-0.2, 0) is 4.79 Å². The zero-order valence-corrected chi connectivity index (χ0v) is 14.8. The maximum atomic E-state index is 12.0. The molecule has 130 valence electrons. The molecule has 0 saturated heterocycles. The Balaban J connectivity index is 2.20. The molecule has 0 radical (unpaired) electrons. The summed E-state index contributed by atoms with van der Waals surface area (Å²) >= 11 is 5.97. The van der Waals surface area contributed by atoms with Gasteiger partial charge in [0.05, 0.1) is 0 Å². The summed E-state index contributed by atoms with van der Waals surface area (Å²) in [5.74, 6) is -1.02. The number of carboxylic acids is 1. The number of aromatic nitrogens is 1. The SMILES string of the molecule is Cc1cc(OC(C(=O)O)=C(c2ccccc2)c2ccccc2)cc(Cl)n1. The largest absolute Gasteiger partial charge is 0.475 e. The number of hydrogen-bond acceptors (Lipinski definition) is 3. The van der Waals surface area contributed by atoms with Gasteiger partial charge in [0.25, 0.3) is 0 Å². The van der Waals surface area contributed by atoms with Gasteiger partial charge in [0, 0.05) is 23.4 Å². The number of benzene rings is 2. The second-order valence-electron chi connectivity index (χ2n) is 5.61. The summed E-state index contributed by atoms with van der Waals surface area (Å²) in [5, 5.41) is 10.1. The van der Waals surface area contributed by atoms with Crippen LogP contribution >= 0.6 is 11.6 Å². The Kier molecular flexibility index (Phi) is 5.34. The maximum Gasteiger partial charge on any atom is 0.372 e. The average Bonchev–Trinajstić information content (AvgIpc) is 2.62. The molecule has 0 amide bonds. The Morgan fingerprint density at radius 1 is 0.962 bits per heavy atom. The Morgan fingerprint density at radius 3 is 1.96 bits per heavy atom. The van der Waals surface area contributed by atoms with E-state index in [4.69, 9.17) is 16.3 Å². The van der Waals surface area contributed by atoms with E-state index in [0.29, 0.717) is 17.0 Å². The van der Waals surface area contributed by atoms with Crippen LogP contribution in [0.3, 0.4) is 0 Å². The molecule has 3 rings (SSSR count). The fourth-order valence-corrected chi connectivity index (χ4v) is 2.86. The lowest BCUT2D eigenvalue weighted by Gasteiger charge is -2.15. The number of nitrogens with zero attached hydrogens (tertiary/aromatic N) is 1. The molecule has 1 aromatic heterocycles. The smallest absolute Gasteiger partial charge is 0.372 e. The van der Waals surface area contributed by atoms with Crippen molar-refractivity contribution in [3.05, 3.63) is 101 Å². The highest BCUT2D eigenvalue weighted by molar-refractivity contribution is 6.29. The number of pyridine rings is 1. The molecule has 26 heavy (non-hydrogen) atoms. The highest BCUT2D eigenvalue weighted by atomic mass is 35.5. The van der Waals surface area contributed by atoms with E-state index in [2.05, 4.69) is 4.98 Å². The lowest BCUT2D eigenvalue weighted by molar-refractivity contribution is -0.134. The van der Waals surface area contributed by atoms with Gasteiger partial charge in [-0.1, -0.05) is 72.3 Å². The van der Waals surface area contributed by atoms with Crippen LogP contribution < -0.4 is 4.74 Å². The third-order valence-corrected chi connectivity index (χ3v) is 3.86. The van der Waals surface area contributed by atoms with Crippen molar-refractivity contribution in [3.63, 3.8) is 0 Å². The molecule has 1 heterocycles. The van der Waals surface area contributed by atoms with E-state index in [1.807, 2.05) is 60.7 Å².